The molecule has 4 nitrogen and oxygen atoms in total. The van der Waals surface area contributed by atoms with Crippen LogP contribution in [0.25, 0.3) is 0 Å². The number of rotatable bonds is 4. The number of benzene rings is 2. The summed E-state index contributed by atoms with van der Waals surface area (Å²) in [5, 5.41) is 2.52. The van der Waals surface area contributed by atoms with Crippen LogP contribution in [-0.4, -0.2) is 10.5 Å². The molecule has 132 valence electrons. The molecule has 1 N–H and O–H groups in total. The summed E-state index contributed by atoms with van der Waals surface area (Å²) in [5.74, 6) is -1.02. The van der Waals surface area contributed by atoms with E-state index in [9.17, 15) is 14.0 Å². The molecule has 1 amide bonds. The fourth-order valence-electron chi connectivity index (χ4n) is 2.46. The molecule has 1 aromatic heterocycles. The van der Waals surface area contributed by atoms with Crippen LogP contribution in [0.2, 0.25) is 0 Å². The molecule has 6 heteroatoms. The molecule has 0 fully saturated rings. The summed E-state index contributed by atoms with van der Waals surface area (Å²) >= 11 is 3.17. The summed E-state index contributed by atoms with van der Waals surface area (Å²) in [6.45, 7) is 2.34. The maximum absolute atomic E-state index is 13.9. The number of pyridine rings is 1. The smallest absolute Gasteiger partial charge is 0.257 e. The normalized spacial score (nSPS) is 10.6. The Morgan fingerprint density at radius 2 is 1.85 bits per heavy atom. The molecule has 0 unspecified atom stereocenters. The number of carbonyl (C=O) groups is 1. The van der Waals surface area contributed by atoms with Crippen LogP contribution in [-0.2, 0) is 6.54 Å². The molecule has 2 aromatic carbocycles. The second-order valence-corrected chi connectivity index (χ2v) is 6.86. The Labute approximate surface area is 158 Å². The number of nitrogens with one attached hydrogen (secondary N) is 1. The summed E-state index contributed by atoms with van der Waals surface area (Å²) in [5.41, 5.74) is 2.23. The van der Waals surface area contributed by atoms with Crippen LogP contribution in [0.1, 0.15) is 21.5 Å². The van der Waals surface area contributed by atoms with Crippen molar-refractivity contribution in [1.82, 2.24) is 4.57 Å². The van der Waals surface area contributed by atoms with E-state index < -0.39 is 11.7 Å². The van der Waals surface area contributed by atoms with Crippen molar-refractivity contribution in [3.05, 3.63) is 98.1 Å². The van der Waals surface area contributed by atoms with Gasteiger partial charge in [0, 0.05) is 16.7 Å². The van der Waals surface area contributed by atoms with Crippen molar-refractivity contribution in [3.63, 3.8) is 0 Å². The quantitative estimate of drug-likeness (QED) is 0.689. The van der Waals surface area contributed by atoms with Gasteiger partial charge in [-0.05, 0) is 36.8 Å². The summed E-state index contributed by atoms with van der Waals surface area (Å²) in [6, 6.07) is 14.9. The number of hydrogen-bond donors (Lipinski definition) is 1. The molecular formula is C20H16BrFN2O2. The highest BCUT2D eigenvalue weighted by Crippen LogP contribution is 2.20. The van der Waals surface area contributed by atoms with Crippen molar-refractivity contribution < 1.29 is 9.18 Å². The van der Waals surface area contributed by atoms with E-state index in [4.69, 9.17) is 0 Å². The lowest BCUT2D eigenvalue weighted by Gasteiger charge is -2.10. The zero-order chi connectivity index (χ0) is 18.7. The van der Waals surface area contributed by atoms with Gasteiger partial charge in [0.05, 0.1) is 17.8 Å². The molecule has 0 atom stereocenters. The van der Waals surface area contributed by atoms with Crippen LogP contribution in [0.4, 0.5) is 10.1 Å². The highest BCUT2D eigenvalue weighted by atomic mass is 79.9. The Morgan fingerprint density at radius 3 is 2.54 bits per heavy atom. The van der Waals surface area contributed by atoms with E-state index >= 15 is 0 Å². The molecule has 0 radical (unpaired) electrons. The minimum Gasteiger partial charge on any atom is -0.319 e. The van der Waals surface area contributed by atoms with Gasteiger partial charge in [-0.2, -0.15) is 0 Å². The van der Waals surface area contributed by atoms with E-state index in [2.05, 4.69) is 21.2 Å². The van der Waals surface area contributed by atoms with Crippen LogP contribution >= 0.6 is 15.9 Å². The van der Waals surface area contributed by atoms with Crippen LogP contribution in [0.3, 0.4) is 0 Å². The van der Waals surface area contributed by atoms with E-state index in [1.54, 1.807) is 6.07 Å². The number of hydrogen-bond acceptors (Lipinski definition) is 2. The van der Waals surface area contributed by atoms with Crippen LogP contribution in [0.5, 0.6) is 0 Å². The molecule has 0 aliphatic heterocycles. The molecule has 3 aromatic rings. The first-order valence-corrected chi connectivity index (χ1v) is 8.74. The number of carbonyl (C=O) groups excluding carboxylic acids is 1. The average Bonchev–Trinajstić information content (AvgIpc) is 2.61. The third-order valence-corrected chi connectivity index (χ3v) is 4.39. The van der Waals surface area contributed by atoms with Crippen molar-refractivity contribution >= 4 is 27.5 Å². The van der Waals surface area contributed by atoms with E-state index in [-0.39, 0.29) is 16.8 Å². The first-order valence-electron chi connectivity index (χ1n) is 7.95. The first-order chi connectivity index (χ1) is 12.4. The van der Waals surface area contributed by atoms with Crippen molar-refractivity contribution in [2.24, 2.45) is 0 Å². The second kappa shape index (κ2) is 7.66. The van der Waals surface area contributed by atoms with Crippen LogP contribution < -0.4 is 10.9 Å². The Balaban J connectivity index is 1.83. The largest absolute Gasteiger partial charge is 0.319 e. The maximum atomic E-state index is 13.9. The summed E-state index contributed by atoms with van der Waals surface area (Å²) < 4.78 is 15.9. The molecule has 26 heavy (non-hydrogen) atoms. The third kappa shape index (κ3) is 4.26. The van der Waals surface area contributed by atoms with Gasteiger partial charge in [-0.15, -0.1) is 0 Å². The Morgan fingerprint density at radius 1 is 1.12 bits per heavy atom. The van der Waals surface area contributed by atoms with Gasteiger partial charge in [-0.25, -0.2) is 4.39 Å². The molecule has 0 spiro atoms. The van der Waals surface area contributed by atoms with Gasteiger partial charge in [0.2, 0.25) is 0 Å². The van der Waals surface area contributed by atoms with E-state index in [0.717, 1.165) is 11.1 Å². The third-order valence-electron chi connectivity index (χ3n) is 3.90. The summed E-state index contributed by atoms with van der Waals surface area (Å²) in [4.78, 5) is 24.5. The van der Waals surface area contributed by atoms with Crippen molar-refractivity contribution in [2.45, 2.75) is 13.5 Å². The van der Waals surface area contributed by atoms with Gasteiger partial charge < -0.3 is 9.88 Å². The highest BCUT2D eigenvalue weighted by Gasteiger charge is 2.11. The molecule has 0 aliphatic rings. The van der Waals surface area contributed by atoms with Crippen molar-refractivity contribution in [1.29, 1.82) is 0 Å². The molecule has 0 aliphatic carbocycles. The van der Waals surface area contributed by atoms with E-state index in [1.807, 2.05) is 31.2 Å². The van der Waals surface area contributed by atoms with Gasteiger partial charge in [0.1, 0.15) is 5.82 Å². The summed E-state index contributed by atoms with van der Waals surface area (Å²) in [7, 11) is 0. The lowest BCUT2D eigenvalue weighted by atomic mass is 10.1. The molecule has 0 saturated carbocycles. The Hall–Kier alpha value is -2.73. The predicted molar refractivity (Wildman–Crippen MR) is 103 cm³/mol. The van der Waals surface area contributed by atoms with Crippen LogP contribution in [0, 0.1) is 12.7 Å². The minimum absolute atomic E-state index is 0.0782. The molecule has 1 heterocycles. The zero-order valence-corrected chi connectivity index (χ0v) is 15.6. The molecule has 3 rings (SSSR count). The highest BCUT2D eigenvalue weighted by molar-refractivity contribution is 9.10. The number of aryl methyl sites for hydroxylation is 1. The molecule has 0 bridgehead atoms. The zero-order valence-electron chi connectivity index (χ0n) is 14.0. The van der Waals surface area contributed by atoms with Crippen molar-refractivity contribution in [2.75, 3.05) is 5.32 Å². The van der Waals surface area contributed by atoms with E-state index in [1.165, 1.54) is 35.0 Å². The van der Waals surface area contributed by atoms with Gasteiger partial charge in [-0.1, -0.05) is 45.8 Å². The standard InChI is InChI=1S/C20H16BrFN2O2/c1-13-2-4-14(5-3-13)11-24-12-15(6-9-19(24)25)20(26)23-18-8-7-16(21)10-17(18)22/h2-10,12H,11H2,1H3,(H,23,26). The predicted octanol–water partition coefficient (Wildman–Crippen LogP) is 4.36. The number of anilines is 1. The first kappa shape index (κ1) is 18.1. The Kier molecular flexibility index (Phi) is 5.32. The second-order valence-electron chi connectivity index (χ2n) is 5.95. The minimum atomic E-state index is -0.541. The number of aromatic nitrogens is 1. The number of halogens is 2. The van der Waals surface area contributed by atoms with Gasteiger partial charge in [0.15, 0.2) is 0 Å². The maximum Gasteiger partial charge on any atom is 0.257 e. The average molecular weight is 415 g/mol. The Bertz CT molecular complexity index is 1010. The fraction of sp³-hybridized carbons (Fsp3) is 0.100. The lowest BCUT2D eigenvalue weighted by Crippen LogP contribution is -2.22. The lowest BCUT2D eigenvalue weighted by molar-refractivity contribution is 0.102. The topological polar surface area (TPSA) is 51.1 Å². The van der Waals surface area contributed by atoms with E-state index in [0.29, 0.717) is 11.0 Å². The number of amides is 1. The number of nitrogens with zero attached hydrogens (tertiary/aromatic N) is 1. The molecular weight excluding hydrogens is 399 g/mol. The van der Waals surface area contributed by atoms with Crippen molar-refractivity contribution in [3.8, 4) is 0 Å². The van der Waals surface area contributed by atoms with Gasteiger partial charge >= 0.3 is 0 Å². The summed E-state index contributed by atoms with van der Waals surface area (Å²) in [6.07, 6.45) is 1.48. The monoisotopic (exact) mass is 414 g/mol. The SMILES string of the molecule is Cc1ccc(Cn2cc(C(=O)Nc3ccc(Br)cc3F)ccc2=O)cc1. The van der Waals surface area contributed by atoms with Gasteiger partial charge in [-0.3, -0.25) is 9.59 Å². The van der Waals surface area contributed by atoms with Gasteiger partial charge in [0.25, 0.3) is 11.5 Å². The molecule has 0 saturated heterocycles. The fourth-order valence-corrected chi connectivity index (χ4v) is 2.80. The van der Waals surface area contributed by atoms with Crippen LogP contribution in [0.15, 0.2) is 70.1 Å².